The fourth-order valence-electron chi connectivity index (χ4n) is 2.12. The number of carbonyl (C=O) groups is 4. The summed E-state index contributed by atoms with van der Waals surface area (Å²) >= 11 is 18.1. The van der Waals surface area contributed by atoms with Crippen molar-refractivity contribution < 1.29 is 107 Å². The molecule has 12 nitrogen and oxygen atoms in total. The Morgan fingerprint density at radius 3 is 1.39 bits per heavy atom. The molecule has 46 heavy (non-hydrogen) atoms. The molecule has 2 aromatic rings. The van der Waals surface area contributed by atoms with Gasteiger partial charge in [-0.1, -0.05) is 23.2 Å². The van der Waals surface area contributed by atoms with Crippen LogP contribution in [0.4, 0.5) is 30.6 Å². The Kier molecular flexibility index (Phi) is 27.3. The second kappa shape index (κ2) is 24.2. The molecule has 0 saturated heterocycles. The van der Waals surface area contributed by atoms with Gasteiger partial charge in [0.05, 0.1) is 10.0 Å². The van der Waals surface area contributed by atoms with Gasteiger partial charge in [-0.15, -0.1) is 0 Å². The summed E-state index contributed by atoms with van der Waals surface area (Å²) in [4.78, 5) is 41.9. The van der Waals surface area contributed by atoms with Crippen molar-refractivity contribution in [1.29, 1.82) is 0 Å². The van der Waals surface area contributed by atoms with E-state index in [1.165, 1.54) is 0 Å². The van der Waals surface area contributed by atoms with Crippen LogP contribution in [0.2, 0.25) is 10.0 Å². The standard InChI is InChI=1S/C11H13BrClNO2.C10H18O5.C6H5BrClN.CH2O3.2Na/c1-11(2,3)16-10(15)14-7-4-5-8(12)9(13)6-7;1-9(2,3)14-7(11)13-8(12)15-10(4,5)6;7-5-2-1-4(9)3-6(5)8;2-1(3)4;;/h4-6H,1-3H3,(H,14,15);1-6H3;1-3H,9H2;(H2,2,3,4);;/q;;;;2*+1/p-1. The first-order valence-corrected chi connectivity index (χ1v) is 14.7. The van der Waals surface area contributed by atoms with E-state index in [9.17, 15) is 14.4 Å². The van der Waals surface area contributed by atoms with Crippen molar-refractivity contribution in [3.05, 3.63) is 55.4 Å². The van der Waals surface area contributed by atoms with Gasteiger partial charge in [0.2, 0.25) is 6.16 Å². The Balaban J connectivity index is -0.000000273. The van der Waals surface area contributed by atoms with E-state index in [4.69, 9.17) is 58.2 Å². The maximum atomic E-state index is 11.4. The van der Waals surface area contributed by atoms with Crippen molar-refractivity contribution in [2.24, 2.45) is 0 Å². The molecule has 0 fully saturated rings. The SMILES string of the molecule is CC(C)(C)OC(=O)Nc1ccc(Br)c(Cl)c1.CC(C)(C)OC(=O)OC(=O)OC(C)(C)C.Nc1ccc(Br)c(Cl)c1.O=C([O-])O.[Na+].[Na+]. The summed E-state index contributed by atoms with van der Waals surface area (Å²) in [6, 6.07) is 10.4. The Hall–Kier alpha value is -0.940. The first kappa shape index (κ1) is 51.9. The number of halogens is 4. The van der Waals surface area contributed by atoms with E-state index in [1.54, 1.807) is 92.6 Å². The molecule has 0 heterocycles. The maximum Gasteiger partial charge on any atom is 1.00 e. The number of rotatable bonds is 1. The molecule has 0 atom stereocenters. The normalized spacial score (nSPS) is 10.1. The summed E-state index contributed by atoms with van der Waals surface area (Å²) in [5.74, 6) is 0. The fourth-order valence-corrected chi connectivity index (χ4v) is 2.98. The number of nitrogens with two attached hydrogens (primary N) is 1. The molecule has 1 amide bonds. The van der Waals surface area contributed by atoms with Crippen molar-refractivity contribution in [2.45, 2.75) is 79.1 Å². The second-order valence-electron chi connectivity index (χ2n) is 11.2. The van der Waals surface area contributed by atoms with Gasteiger partial charge in [-0.25, -0.2) is 14.4 Å². The summed E-state index contributed by atoms with van der Waals surface area (Å²) in [5.41, 5.74) is 4.80. The van der Waals surface area contributed by atoms with Crippen molar-refractivity contribution in [2.75, 3.05) is 11.1 Å². The molecule has 18 heteroatoms. The van der Waals surface area contributed by atoms with Crippen LogP contribution in [-0.2, 0) is 18.9 Å². The van der Waals surface area contributed by atoms with Gasteiger partial charge in [0, 0.05) is 20.3 Å². The maximum absolute atomic E-state index is 11.4. The predicted molar refractivity (Wildman–Crippen MR) is 174 cm³/mol. The van der Waals surface area contributed by atoms with E-state index in [2.05, 4.69) is 41.9 Å². The Bertz CT molecular complexity index is 1240. The minimum absolute atomic E-state index is 0. The minimum atomic E-state index is -2.08. The molecule has 0 radical (unpaired) electrons. The molecule has 0 aliphatic heterocycles. The largest absolute Gasteiger partial charge is 1.00 e. The van der Waals surface area contributed by atoms with Gasteiger partial charge < -0.3 is 39.7 Å². The average molecular weight is 838 g/mol. The van der Waals surface area contributed by atoms with Gasteiger partial charge >= 0.3 is 77.5 Å². The van der Waals surface area contributed by atoms with Gasteiger partial charge in [-0.05, 0) is 131 Å². The molecule has 0 aliphatic rings. The summed E-state index contributed by atoms with van der Waals surface area (Å²) in [6.07, 6.45) is -4.70. The molecule has 0 bridgehead atoms. The van der Waals surface area contributed by atoms with Gasteiger partial charge in [-0.2, -0.15) is 0 Å². The average Bonchev–Trinajstić information content (AvgIpc) is 2.75. The summed E-state index contributed by atoms with van der Waals surface area (Å²) in [5, 5.41) is 19.1. The number of nitrogen functional groups attached to an aromatic ring is 1. The molecule has 4 N–H and O–H groups in total. The second-order valence-corrected chi connectivity index (χ2v) is 13.7. The molecule has 0 aromatic heterocycles. The Morgan fingerprint density at radius 1 is 0.739 bits per heavy atom. The number of hydrogen-bond acceptors (Lipinski definition) is 10. The van der Waals surface area contributed by atoms with Crippen LogP contribution in [0.5, 0.6) is 0 Å². The van der Waals surface area contributed by atoms with Gasteiger partial charge in [0.15, 0.2) is 0 Å². The number of ether oxygens (including phenoxy) is 4. The number of amides is 1. The molecule has 0 spiro atoms. The van der Waals surface area contributed by atoms with Crippen LogP contribution in [0, 0.1) is 0 Å². The molecule has 2 rings (SSSR count). The van der Waals surface area contributed by atoms with E-state index in [1.807, 2.05) is 6.07 Å². The monoisotopic (exact) mass is 835 g/mol. The number of benzene rings is 2. The number of hydrogen-bond donors (Lipinski definition) is 3. The van der Waals surface area contributed by atoms with E-state index in [-0.39, 0.29) is 59.1 Å². The molecule has 0 unspecified atom stereocenters. The topological polar surface area (TPSA) is 187 Å². The molecule has 0 aliphatic carbocycles. The van der Waals surface area contributed by atoms with E-state index in [0.717, 1.165) is 8.95 Å². The number of anilines is 2. The number of nitrogens with one attached hydrogen (secondary N) is 1. The third-order valence-corrected chi connectivity index (χ3v) is 5.92. The number of carboxylic acid groups (broad SMARTS) is 2. The third-order valence-electron chi connectivity index (χ3n) is 3.45. The van der Waals surface area contributed by atoms with E-state index < -0.39 is 41.4 Å². The smallest absolute Gasteiger partial charge is 0.565 e. The van der Waals surface area contributed by atoms with Crippen LogP contribution in [0.25, 0.3) is 0 Å². The van der Waals surface area contributed by atoms with Crippen LogP contribution in [0.15, 0.2) is 45.3 Å². The van der Waals surface area contributed by atoms with Gasteiger partial charge in [0.25, 0.3) is 0 Å². The van der Waals surface area contributed by atoms with Crippen molar-refractivity contribution in [3.8, 4) is 0 Å². The van der Waals surface area contributed by atoms with Gasteiger partial charge in [-0.3, -0.25) is 5.32 Å². The van der Waals surface area contributed by atoms with Crippen LogP contribution in [-0.4, -0.2) is 46.5 Å². The van der Waals surface area contributed by atoms with Crippen molar-refractivity contribution >= 4 is 91.0 Å². The zero-order valence-corrected chi connectivity index (χ0v) is 36.4. The first-order valence-electron chi connectivity index (χ1n) is 12.4. The molecular formula is C28H37Br2Cl2N2Na2O10+. The molecule has 248 valence electrons. The Labute approximate surface area is 340 Å². The first-order chi connectivity index (χ1) is 19.7. The van der Waals surface area contributed by atoms with Crippen LogP contribution in [0.3, 0.4) is 0 Å². The van der Waals surface area contributed by atoms with Crippen LogP contribution < -0.4 is 75.3 Å². The molecule has 2 aromatic carbocycles. The van der Waals surface area contributed by atoms with E-state index >= 15 is 0 Å². The third kappa shape index (κ3) is 33.0. The van der Waals surface area contributed by atoms with Gasteiger partial charge in [0.1, 0.15) is 16.8 Å². The van der Waals surface area contributed by atoms with Crippen LogP contribution in [0.1, 0.15) is 62.3 Å². The predicted octanol–water partition coefficient (Wildman–Crippen LogP) is 2.90. The fraction of sp³-hybridized carbons (Fsp3) is 0.429. The van der Waals surface area contributed by atoms with E-state index in [0.29, 0.717) is 21.4 Å². The minimum Gasteiger partial charge on any atom is -0.565 e. The van der Waals surface area contributed by atoms with Crippen molar-refractivity contribution in [3.63, 3.8) is 0 Å². The summed E-state index contributed by atoms with van der Waals surface area (Å²) in [7, 11) is 0. The van der Waals surface area contributed by atoms with Crippen LogP contribution >= 0.6 is 55.1 Å². The zero-order valence-electron chi connectivity index (χ0n) is 27.7. The molecule has 0 saturated carbocycles. The summed E-state index contributed by atoms with van der Waals surface area (Å²) < 4.78 is 20.6. The zero-order chi connectivity index (χ0) is 35.1. The summed E-state index contributed by atoms with van der Waals surface area (Å²) in [6.45, 7) is 15.4. The Morgan fingerprint density at radius 2 is 1.09 bits per heavy atom. The molecular weight excluding hydrogens is 801 g/mol. The van der Waals surface area contributed by atoms with Crippen molar-refractivity contribution in [1.82, 2.24) is 0 Å². The number of carbonyl (C=O) groups excluding carboxylic acids is 3. The quantitative estimate of drug-likeness (QED) is 0.126.